The molecule has 2 heterocycles. The molecule has 0 amide bonds. The van der Waals surface area contributed by atoms with E-state index < -0.39 is 10.0 Å². The van der Waals surface area contributed by atoms with E-state index in [1.807, 2.05) is 13.0 Å². The standard InChI is InChI=1S/C12H16N2O2S/c1-9-3-2-4-12(5-9)17(15,16)14-8-10-6-11(14)7-13-10/h2-5,10-11,13H,6-8H2,1H3. The summed E-state index contributed by atoms with van der Waals surface area (Å²) in [7, 11) is -3.30. The molecule has 1 aromatic rings. The van der Waals surface area contributed by atoms with Crippen molar-refractivity contribution in [1.29, 1.82) is 0 Å². The van der Waals surface area contributed by atoms with Gasteiger partial charge in [-0.1, -0.05) is 12.1 Å². The first kappa shape index (κ1) is 11.2. The fourth-order valence-corrected chi connectivity index (χ4v) is 4.51. The minimum absolute atomic E-state index is 0.144. The van der Waals surface area contributed by atoms with Gasteiger partial charge in [-0.2, -0.15) is 4.31 Å². The van der Waals surface area contributed by atoms with Crippen molar-refractivity contribution < 1.29 is 8.42 Å². The number of sulfonamides is 1. The van der Waals surface area contributed by atoms with Gasteiger partial charge in [0.25, 0.3) is 0 Å². The Balaban J connectivity index is 1.96. The van der Waals surface area contributed by atoms with Gasteiger partial charge in [0.15, 0.2) is 0 Å². The van der Waals surface area contributed by atoms with Crippen LogP contribution in [0.25, 0.3) is 0 Å². The summed E-state index contributed by atoms with van der Waals surface area (Å²) in [6, 6.07) is 7.63. The predicted octanol–water partition coefficient (Wildman–Crippen LogP) is 0.730. The summed E-state index contributed by atoms with van der Waals surface area (Å²) >= 11 is 0. The molecule has 1 N–H and O–H groups in total. The molecule has 0 aliphatic carbocycles. The second-order valence-electron chi connectivity index (χ2n) is 4.89. The molecule has 0 saturated carbocycles. The van der Waals surface area contributed by atoms with E-state index in [1.54, 1.807) is 22.5 Å². The molecular formula is C12H16N2O2S. The zero-order chi connectivity index (χ0) is 12.0. The van der Waals surface area contributed by atoms with Crippen LogP contribution in [0.2, 0.25) is 0 Å². The minimum atomic E-state index is -3.30. The fourth-order valence-electron chi connectivity index (χ4n) is 2.73. The molecule has 2 aliphatic rings. The fraction of sp³-hybridized carbons (Fsp3) is 0.500. The third-order valence-corrected chi connectivity index (χ3v) is 5.52. The lowest BCUT2D eigenvalue weighted by atomic mass is 10.2. The Labute approximate surface area is 102 Å². The molecule has 2 bridgehead atoms. The number of benzene rings is 1. The zero-order valence-electron chi connectivity index (χ0n) is 9.76. The first-order chi connectivity index (χ1) is 8.07. The number of fused-ring (bicyclic) bond motifs is 2. The van der Waals surface area contributed by atoms with Gasteiger partial charge in [0.2, 0.25) is 10.0 Å². The first-order valence-corrected chi connectivity index (χ1v) is 7.33. The molecular weight excluding hydrogens is 236 g/mol. The summed E-state index contributed by atoms with van der Waals surface area (Å²) in [6.45, 7) is 3.31. The normalized spacial score (nSPS) is 28.8. The van der Waals surface area contributed by atoms with E-state index >= 15 is 0 Å². The molecule has 0 spiro atoms. The summed E-state index contributed by atoms with van der Waals surface area (Å²) in [5, 5.41) is 3.31. The molecule has 2 unspecified atom stereocenters. The Morgan fingerprint density at radius 1 is 1.41 bits per heavy atom. The van der Waals surface area contributed by atoms with Crippen molar-refractivity contribution in [2.75, 3.05) is 13.1 Å². The van der Waals surface area contributed by atoms with Crippen molar-refractivity contribution in [3.63, 3.8) is 0 Å². The van der Waals surface area contributed by atoms with Gasteiger partial charge in [-0.15, -0.1) is 0 Å². The maximum Gasteiger partial charge on any atom is 0.243 e. The number of piperazine rings is 1. The number of hydrogen-bond donors (Lipinski definition) is 1. The Morgan fingerprint density at radius 2 is 2.24 bits per heavy atom. The topological polar surface area (TPSA) is 49.4 Å². The average molecular weight is 252 g/mol. The lowest BCUT2D eigenvalue weighted by Gasteiger charge is -2.26. The molecule has 3 rings (SSSR count). The van der Waals surface area contributed by atoms with Crippen molar-refractivity contribution in [3.05, 3.63) is 29.8 Å². The van der Waals surface area contributed by atoms with E-state index in [0.29, 0.717) is 17.5 Å². The maximum atomic E-state index is 12.5. The van der Waals surface area contributed by atoms with Gasteiger partial charge in [0, 0.05) is 25.2 Å². The second kappa shape index (κ2) is 3.80. The van der Waals surface area contributed by atoms with Gasteiger partial charge in [-0.3, -0.25) is 0 Å². The van der Waals surface area contributed by atoms with Gasteiger partial charge < -0.3 is 5.32 Å². The third kappa shape index (κ3) is 1.78. The number of rotatable bonds is 2. The average Bonchev–Trinajstić information content (AvgIpc) is 2.91. The lowest BCUT2D eigenvalue weighted by molar-refractivity contribution is 0.349. The van der Waals surface area contributed by atoms with Crippen LogP contribution >= 0.6 is 0 Å². The van der Waals surface area contributed by atoms with Gasteiger partial charge in [0.05, 0.1) is 4.90 Å². The van der Waals surface area contributed by atoms with Crippen LogP contribution < -0.4 is 5.32 Å². The summed E-state index contributed by atoms with van der Waals surface area (Å²) in [4.78, 5) is 0.421. The van der Waals surface area contributed by atoms with Crippen LogP contribution in [0.3, 0.4) is 0 Å². The Kier molecular flexibility index (Phi) is 2.50. The van der Waals surface area contributed by atoms with Gasteiger partial charge in [-0.05, 0) is 31.0 Å². The molecule has 2 aliphatic heterocycles. The summed E-state index contributed by atoms with van der Waals surface area (Å²) in [5.41, 5.74) is 0.980. The summed E-state index contributed by atoms with van der Waals surface area (Å²) in [6.07, 6.45) is 0.949. The van der Waals surface area contributed by atoms with Gasteiger partial charge in [0.1, 0.15) is 0 Å². The maximum absolute atomic E-state index is 12.5. The SMILES string of the molecule is Cc1cccc(S(=O)(=O)N2CC3CC2CN3)c1. The van der Waals surface area contributed by atoms with Crippen LogP contribution in [0, 0.1) is 6.92 Å². The number of aryl methyl sites for hydroxylation is 1. The van der Waals surface area contributed by atoms with Crippen molar-refractivity contribution in [2.24, 2.45) is 0 Å². The lowest BCUT2D eigenvalue weighted by Crippen LogP contribution is -2.46. The van der Waals surface area contributed by atoms with E-state index in [-0.39, 0.29) is 6.04 Å². The molecule has 2 atom stereocenters. The van der Waals surface area contributed by atoms with Crippen LogP contribution in [0.1, 0.15) is 12.0 Å². The van der Waals surface area contributed by atoms with Crippen molar-refractivity contribution in [3.8, 4) is 0 Å². The molecule has 2 saturated heterocycles. The smallest absolute Gasteiger partial charge is 0.243 e. The minimum Gasteiger partial charge on any atom is -0.311 e. The predicted molar refractivity (Wildman–Crippen MR) is 65.3 cm³/mol. The van der Waals surface area contributed by atoms with Crippen molar-refractivity contribution in [2.45, 2.75) is 30.3 Å². The highest BCUT2D eigenvalue weighted by atomic mass is 32.2. The molecule has 2 fully saturated rings. The van der Waals surface area contributed by atoms with E-state index in [1.165, 1.54) is 0 Å². The zero-order valence-corrected chi connectivity index (χ0v) is 10.6. The van der Waals surface area contributed by atoms with E-state index in [4.69, 9.17) is 0 Å². The largest absolute Gasteiger partial charge is 0.311 e. The molecule has 92 valence electrons. The Hall–Kier alpha value is -0.910. The van der Waals surface area contributed by atoms with Gasteiger partial charge >= 0.3 is 0 Å². The van der Waals surface area contributed by atoms with E-state index in [9.17, 15) is 8.42 Å². The molecule has 17 heavy (non-hydrogen) atoms. The number of hydrogen-bond acceptors (Lipinski definition) is 3. The first-order valence-electron chi connectivity index (χ1n) is 5.89. The Morgan fingerprint density at radius 3 is 2.82 bits per heavy atom. The number of nitrogens with one attached hydrogen (secondary N) is 1. The quantitative estimate of drug-likeness (QED) is 0.844. The monoisotopic (exact) mass is 252 g/mol. The van der Waals surface area contributed by atoms with Crippen LogP contribution in [-0.4, -0.2) is 37.9 Å². The highest BCUT2D eigenvalue weighted by molar-refractivity contribution is 7.89. The van der Waals surface area contributed by atoms with Crippen LogP contribution in [0.4, 0.5) is 0 Å². The third-order valence-electron chi connectivity index (χ3n) is 3.60. The Bertz CT molecular complexity index is 541. The highest BCUT2D eigenvalue weighted by Gasteiger charge is 2.44. The molecule has 1 aromatic carbocycles. The van der Waals surface area contributed by atoms with Crippen LogP contribution in [0.5, 0.6) is 0 Å². The van der Waals surface area contributed by atoms with Crippen molar-refractivity contribution >= 4 is 10.0 Å². The molecule has 0 radical (unpaired) electrons. The van der Waals surface area contributed by atoms with E-state index in [0.717, 1.165) is 18.5 Å². The van der Waals surface area contributed by atoms with Gasteiger partial charge in [-0.25, -0.2) is 8.42 Å². The molecule has 4 nitrogen and oxygen atoms in total. The van der Waals surface area contributed by atoms with Crippen LogP contribution in [-0.2, 0) is 10.0 Å². The highest BCUT2D eigenvalue weighted by Crippen LogP contribution is 2.29. The van der Waals surface area contributed by atoms with E-state index in [2.05, 4.69) is 5.32 Å². The molecule has 5 heteroatoms. The van der Waals surface area contributed by atoms with Crippen LogP contribution in [0.15, 0.2) is 29.2 Å². The summed E-state index contributed by atoms with van der Waals surface area (Å²) in [5.74, 6) is 0. The summed E-state index contributed by atoms with van der Waals surface area (Å²) < 4.78 is 26.6. The van der Waals surface area contributed by atoms with Crippen molar-refractivity contribution in [1.82, 2.24) is 9.62 Å². The second-order valence-corrected chi connectivity index (χ2v) is 6.78. The molecule has 0 aromatic heterocycles. The number of nitrogens with zero attached hydrogens (tertiary/aromatic N) is 1.